The number of piperidine rings is 1. The first kappa shape index (κ1) is 15.8. The molecule has 2 aliphatic heterocycles. The van der Waals surface area contributed by atoms with E-state index in [4.69, 9.17) is 0 Å². The fraction of sp³-hybridized carbons (Fsp3) is 0.938. The van der Waals surface area contributed by atoms with Crippen LogP contribution in [0.4, 0.5) is 0 Å². The minimum absolute atomic E-state index is 0.337. The third kappa shape index (κ3) is 4.45. The second-order valence-electron chi connectivity index (χ2n) is 6.46. The fourth-order valence-electron chi connectivity index (χ4n) is 3.53. The first-order valence-corrected chi connectivity index (χ1v) is 8.46. The average Bonchev–Trinajstić information content (AvgIpc) is 2.92. The van der Waals surface area contributed by atoms with Crippen LogP contribution >= 0.6 is 0 Å². The predicted octanol–water partition coefficient (Wildman–Crippen LogP) is 1.85. The van der Waals surface area contributed by atoms with Crippen LogP contribution in [-0.2, 0) is 4.79 Å². The molecule has 0 spiro atoms. The van der Waals surface area contributed by atoms with Crippen molar-refractivity contribution in [2.45, 2.75) is 64.5 Å². The maximum absolute atomic E-state index is 12.5. The van der Waals surface area contributed by atoms with Crippen molar-refractivity contribution in [1.29, 1.82) is 0 Å². The van der Waals surface area contributed by atoms with E-state index in [1.54, 1.807) is 0 Å². The van der Waals surface area contributed by atoms with Gasteiger partial charge in [0.05, 0.1) is 6.54 Å². The van der Waals surface area contributed by atoms with Crippen LogP contribution in [0.25, 0.3) is 0 Å². The number of hydrogen-bond acceptors (Lipinski definition) is 3. The van der Waals surface area contributed by atoms with E-state index >= 15 is 0 Å². The maximum atomic E-state index is 12.5. The lowest BCUT2D eigenvalue weighted by molar-refractivity contribution is -0.135. The number of nitrogens with zero attached hydrogens (tertiary/aromatic N) is 2. The van der Waals surface area contributed by atoms with Gasteiger partial charge in [0.2, 0.25) is 5.91 Å². The normalized spacial score (nSPS) is 27.2. The molecule has 1 N–H and O–H groups in total. The highest BCUT2D eigenvalue weighted by Crippen LogP contribution is 2.17. The Kier molecular flexibility index (Phi) is 6.30. The van der Waals surface area contributed by atoms with E-state index in [-0.39, 0.29) is 0 Å². The lowest BCUT2D eigenvalue weighted by Crippen LogP contribution is -2.49. The fourth-order valence-corrected chi connectivity index (χ4v) is 3.53. The molecule has 0 aliphatic carbocycles. The van der Waals surface area contributed by atoms with Gasteiger partial charge in [0, 0.05) is 25.2 Å². The summed E-state index contributed by atoms with van der Waals surface area (Å²) in [4.78, 5) is 17.0. The van der Waals surface area contributed by atoms with Gasteiger partial charge >= 0.3 is 0 Å². The van der Waals surface area contributed by atoms with Gasteiger partial charge in [-0.15, -0.1) is 0 Å². The molecule has 2 rings (SSSR count). The van der Waals surface area contributed by atoms with Gasteiger partial charge in [-0.05, 0) is 58.5 Å². The summed E-state index contributed by atoms with van der Waals surface area (Å²) in [6, 6.07) is 1.03. The number of hydrogen-bond donors (Lipinski definition) is 1. The Bertz CT molecular complexity index is 302. The molecule has 2 aliphatic rings. The number of amides is 1. The molecule has 116 valence electrons. The molecule has 0 bridgehead atoms. The predicted molar refractivity (Wildman–Crippen MR) is 82.8 cm³/mol. The summed E-state index contributed by atoms with van der Waals surface area (Å²) < 4.78 is 0. The number of carbonyl (C=O) groups is 1. The molecule has 2 saturated heterocycles. The first-order valence-electron chi connectivity index (χ1n) is 8.46. The number of likely N-dealkylation sites (tertiary alicyclic amines) is 1. The van der Waals surface area contributed by atoms with Gasteiger partial charge in [-0.2, -0.15) is 0 Å². The monoisotopic (exact) mass is 281 g/mol. The molecular formula is C16H31N3O. The number of rotatable bonds is 6. The van der Waals surface area contributed by atoms with Crippen molar-refractivity contribution in [3.05, 3.63) is 0 Å². The van der Waals surface area contributed by atoms with E-state index in [0.29, 0.717) is 24.5 Å². The van der Waals surface area contributed by atoms with E-state index < -0.39 is 0 Å². The molecule has 0 aromatic heterocycles. The summed E-state index contributed by atoms with van der Waals surface area (Å²) in [5.41, 5.74) is 0. The standard InChI is InChI=1S/C16H31N3O/c1-3-10-18(12-15-8-6-9-17-15)13-16(20)19-11-5-4-7-14(19)2/h14-15,17H,3-13H2,1-2H3. The zero-order chi connectivity index (χ0) is 14.4. The van der Waals surface area contributed by atoms with Crippen LogP contribution in [0.3, 0.4) is 0 Å². The van der Waals surface area contributed by atoms with Crippen molar-refractivity contribution in [1.82, 2.24) is 15.1 Å². The van der Waals surface area contributed by atoms with Crippen LogP contribution in [-0.4, -0.2) is 60.5 Å². The molecule has 20 heavy (non-hydrogen) atoms. The van der Waals surface area contributed by atoms with E-state index in [0.717, 1.165) is 32.6 Å². The molecule has 0 aromatic carbocycles. The molecule has 2 unspecified atom stereocenters. The molecule has 2 atom stereocenters. The Balaban J connectivity index is 1.83. The molecule has 1 amide bonds. The van der Waals surface area contributed by atoms with Crippen LogP contribution in [0.5, 0.6) is 0 Å². The molecule has 0 radical (unpaired) electrons. The van der Waals surface area contributed by atoms with Crippen molar-refractivity contribution in [2.75, 3.05) is 32.7 Å². The lowest BCUT2D eigenvalue weighted by atomic mass is 10.0. The zero-order valence-corrected chi connectivity index (χ0v) is 13.2. The van der Waals surface area contributed by atoms with Crippen LogP contribution in [0.1, 0.15) is 52.4 Å². The summed E-state index contributed by atoms with van der Waals surface area (Å²) in [6.07, 6.45) is 7.28. The van der Waals surface area contributed by atoms with E-state index in [1.165, 1.54) is 32.1 Å². The smallest absolute Gasteiger partial charge is 0.236 e. The van der Waals surface area contributed by atoms with E-state index in [2.05, 4.69) is 29.0 Å². The van der Waals surface area contributed by atoms with Gasteiger partial charge in [-0.1, -0.05) is 6.92 Å². The molecule has 0 aromatic rings. The van der Waals surface area contributed by atoms with Crippen molar-refractivity contribution in [3.63, 3.8) is 0 Å². The van der Waals surface area contributed by atoms with Crippen molar-refractivity contribution < 1.29 is 4.79 Å². The van der Waals surface area contributed by atoms with Gasteiger partial charge in [0.15, 0.2) is 0 Å². The molecule has 0 saturated carbocycles. The van der Waals surface area contributed by atoms with Gasteiger partial charge in [0.1, 0.15) is 0 Å². The number of nitrogens with one attached hydrogen (secondary N) is 1. The maximum Gasteiger partial charge on any atom is 0.236 e. The Morgan fingerprint density at radius 1 is 1.30 bits per heavy atom. The largest absolute Gasteiger partial charge is 0.339 e. The molecule has 4 nitrogen and oxygen atoms in total. The van der Waals surface area contributed by atoms with Crippen molar-refractivity contribution in [2.24, 2.45) is 0 Å². The SMILES string of the molecule is CCCN(CC(=O)N1CCCCC1C)CC1CCCN1. The Labute approximate surface area is 123 Å². The highest BCUT2D eigenvalue weighted by molar-refractivity contribution is 5.78. The Hall–Kier alpha value is -0.610. The van der Waals surface area contributed by atoms with Gasteiger partial charge < -0.3 is 10.2 Å². The summed E-state index contributed by atoms with van der Waals surface area (Å²) in [5, 5.41) is 3.54. The summed E-state index contributed by atoms with van der Waals surface area (Å²) in [5.74, 6) is 0.337. The summed E-state index contributed by atoms with van der Waals surface area (Å²) in [6.45, 7) is 9.16. The second kappa shape index (κ2) is 7.99. The van der Waals surface area contributed by atoms with Crippen molar-refractivity contribution >= 4 is 5.91 Å². The molecule has 2 heterocycles. The van der Waals surface area contributed by atoms with Crippen LogP contribution in [0.2, 0.25) is 0 Å². The zero-order valence-electron chi connectivity index (χ0n) is 13.2. The lowest BCUT2D eigenvalue weighted by Gasteiger charge is -2.35. The second-order valence-corrected chi connectivity index (χ2v) is 6.46. The van der Waals surface area contributed by atoms with E-state index in [9.17, 15) is 4.79 Å². The minimum atomic E-state index is 0.337. The Morgan fingerprint density at radius 2 is 2.15 bits per heavy atom. The third-order valence-corrected chi connectivity index (χ3v) is 4.66. The average molecular weight is 281 g/mol. The number of carbonyl (C=O) groups excluding carboxylic acids is 1. The molecule has 4 heteroatoms. The van der Waals surface area contributed by atoms with Gasteiger partial charge in [-0.25, -0.2) is 0 Å². The van der Waals surface area contributed by atoms with Gasteiger partial charge in [-0.3, -0.25) is 9.69 Å². The van der Waals surface area contributed by atoms with E-state index in [1.807, 2.05) is 0 Å². The van der Waals surface area contributed by atoms with Crippen LogP contribution in [0.15, 0.2) is 0 Å². The van der Waals surface area contributed by atoms with Gasteiger partial charge in [0.25, 0.3) is 0 Å². The molecule has 2 fully saturated rings. The quantitative estimate of drug-likeness (QED) is 0.807. The first-order chi connectivity index (χ1) is 9.70. The highest BCUT2D eigenvalue weighted by atomic mass is 16.2. The third-order valence-electron chi connectivity index (χ3n) is 4.66. The topological polar surface area (TPSA) is 35.6 Å². The van der Waals surface area contributed by atoms with Crippen LogP contribution in [0, 0.1) is 0 Å². The Morgan fingerprint density at radius 3 is 2.80 bits per heavy atom. The highest BCUT2D eigenvalue weighted by Gasteiger charge is 2.25. The van der Waals surface area contributed by atoms with Crippen molar-refractivity contribution in [3.8, 4) is 0 Å². The summed E-state index contributed by atoms with van der Waals surface area (Å²) in [7, 11) is 0. The minimum Gasteiger partial charge on any atom is -0.339 e. The summed E-state index contributed by atoms with van der Waals surface area (Å²) >= 11 is 0. The molecular weight excluding hydrogens is 250 g/mol. The van der Waals surface area contributed by atoms with Crippen LogP contribution < -0.4 is 5.32 Å².